The van der Waals surface area contributed by atoms with Crippen LogP contribution in [0.1, 0.15) is 39.3 Å². The number of carbonyl (C=O) groups excluding carboxylic acids is 2. The Kier molecular flexibility index (Phi) is 6.87. The Balaban J connectivity index is 1.37. The summed E-state index contributed by atoms with van der Waals surface area (Å²) in [6, 6.07) is 7.22. The minimum Gasteiger partial charge on any atom is -0.497 e. The van der Waals surface area contributed by atoms with Crippen LogP contribution in [0, 0.1) is 25.2 Å². The average Bonchev–Trinajstić information content (AvgIpc) is 3.30. The third kappa shape index (κ3) is 4.62. The maximum Gasteiger partial charge on any atom is 0.257 e. The molecule has 1 aromatic carbocycles. The second-order valence-corrected chi connectivity index (χ2v) is 8.41. The van der Waals surface area contributed by atoms with E-state index >= 15 is 0 Å². The zero-order valence-corrected chi connectivity index (χ0v) is 20.4. The Morgan fingerprint density at radius 1 is 1.09 bits per heavy atom. The van der Waals surface area contributed by atoms with Crippen molar-refractivity contribution in [3.63, 3.8) is 0 Å². The fourth-order valence-electron chi connectivity index (χ4n) is 4.45. The van der Waals surface area contributed by atoms with Gasteiger partial charge in [-0.25, -0.2) is 9.50 Å². The van der Waals surface area contributed by atoms with E-state index in [2.05, 4.69) is 16.2 Å². The Bertz CT molecular complexity index is 1320. The molecule has 0 bridgehead atoms. The minimum absolute atomic E-state index is 0.0382. The van der Waals surface area contributed by atoms with Crippen molar-refractivity contribution in [2.24, 2.45) is 0 Å². The molecule has 1 aliphatic rings. The lowest BCUT2D eigenvalue weighted by molar-refractivity contribution is -0.132. The number of hydrogen-bond donors (Lipinski definition) is 0. The van der Waals surface area contributed by atoms with Crippen molar-refractivity contribution in [1.82, 2.24) is 24.4 Å². The number of methoxy groups -OCH3 is 2. The Labute approximate surface area is 203 Å². The normalized spacial score (nSPS) is 13.6. The van der Waals surface area contributed by atoms with Crippen LogP contribution in [0.5, 0.6) is 11.5 Å². The second kappa shape index (κ2) is 10.0. The molecular formula is C25H28N6O4. The van der Waals surface area contributed by atoms with E-state index in [-0.39, 0.29) is 11.8 Å². The molecule has 10 heteroatoms. The smallest absolute Gasteiger partial charge is 0.257 e. The van der Waals surface area contributed by atoms with Gasteiger partial charge in [-0.1, -0.05) is 0 Å². The molecule has 0 spiro atoms. The van der Waals surface area contributed by atoms with Crippen molar-refractivity contribution in [3.8, 4) is 17.6 Å². The maximum absolute atomic E-state index is 13.0. The maximum atomic E-state index is 13.0. The highest BCUT2D eigenvalue weighted by Crippen LogP contribution is 2.26. The van der Waals surface area contributed by atoms with E-state index in [9.17, 15) is 14.9 Å². The largest absolute Gasteiger partial charge is 0.497 e. The molecule has 0 aliphatic carbocycles. The molecule has 4 rings (SSSR count). The molecule has 0 saturated carbocycles. The quantitative estimate of drug-likeness (QED) is 0.536. The summed E-state index contributed by atoms with van der Waals surface area (Å²) >= 11 is 0. The van der Waals surface area contributed by atoms with Gasteiger partial charge < -0.3 is 19.3 Å². The fourth-order valence-corrected chi connectivity index (χ4v) is 4.45. The third-order valence-corrected chi connectivity index (χ3v) is 6.48. The van der Waals surface area contributed by atoms with Gasteiger partial charge in [0.25, 0.3) is 5.91 Å². The van der Waals surface area contributed by atoms with Crippen LogP contribution in [0.4, 0.5) is 0 Å². The van der Waals surface area contributed by atoms with Crippen molar-refractivity contribution < 1.29 is 19.1 Å². The average molecular weight is 477 g/mol. The molecule has 0 N–H and O–H groups in total. The van der Waals surface area contributed by atoms with Gasteiger partial charge in [0.15, 0.2) is 5.65 Å². The van der Waals surface area contributed by atoms with Crippen molar-refractivity contribution in [1.29, 1.82) is 5.26 Å². The highest BCUT2D eigenvalue weighted by molar-refractivity contribution is 5.97. The molecule has 0 radical (unpaired) electrons. The highest BCUT2D eigenvalue weighted by Gasteiger charge is 2.27. The number of carbonyl (C=O) groups is 2. The predicted molar refractivity (Wildman–Crippen MR) is 128 cm³/mol. The van der Waals surface area contributed by atoms with Crippen LogP contribution in [-0.2, 0) is 11.2 Å². The molecule has 0 unspecified atom stereocenters. The first kappa shape index (κ1) is 24.0. The zero-order valence-electron chi connectivity index (χ0n) is 20.4. The molecule has 10 nitrogen and oxygen atoms in total. The van der Waals surface area contributed by atoms with Gasteiger partial charge in [-0.2, -0.15) is 10.4 Å². The van der Waals surface area contributed by atoms with E-state index in [1.54, 1.807) is 39.6 Å². The van der Waals surface area contributed by atoms with Crippen LogP contribution in [0.15, 0.2) is 24.4 Å². The second-order valence-electron chi connectivity index (χ2n) is 8.41. The Morgan fingerprint density at radius 2 is 1.80 bits per heavy atom. The Hall–Kier alpha value is -4.13. The van der Waals surface area contributed by atoms with E-state index in [1.807, 2.05) is 13.8 Å². The number of aromatic nitrogens is 3. The molecule has 35 heavy (non-hydrogen) atoms. The molecule has 1 aliphatic heterocycles. The van der Waals surface area contributed by atoms with E-state index in [4.69, 9.17) is 9.47 Å². The van der Waals surface area contributed by atoms with E-state index in [0.29, 0.717) is 67.3 Å². The van der Waals surface area contributed by atoms with E-state index in [1.165, 1.54) is 13.3 Å². The minimum atomic E-state index is -0.127. The first-order valence-electron chi connectivity index (χ1n) is 11.4. The number of benzene rings is 1. The molecule has 3 heterocycles. The van der Waals surface area contributed by atoms with Gasteiger partial charge in [0.05, 0.1) is 26.0 Å². The predicted octanol–water partition coefficient (Wildman–Crippen LogP) is 2.15. The molecule has 0 atom stereocenters. The van der Waals surface area contributed by atoms with Gasteiger partial charge in [-0.15, -0.1) is 0 Å². The first-order valence-corrected chi connectivity index (χ1v) is 11.4. The van der Waals surface area contributed by atoms with Crippen molar-refractivity contribution in [3.05, 3.63) is 52.5 Å². The number of rotatable bonds is 6. The number of aryl methyl sites for hydroxylation is 2. The highest BCUT2D eigenvalue weighted by atomic mass is 16.5. The first-order chi connectivity index (χ1) is 16.9. The summed E-state index contributed by atoms with van der Waals surface area (Å²) in [6.07, 6.45) is 2.37. The molecule has 3 aromatic rings. The topological polar surface area (TPSA) is 113 Å². The SMILES string of the molecule is COc1ccc(C(=O)N2CCN(C(=O)CCc3c(C)nc4c(C#N)cnn4c3C)CC2)c(OC)c1. The van der Waals surface area contributed by atoms with Crippen LogP contribution >= 0.6 is 0 Å². The number of piperazine rings is 1. The molecular weight excluding hydrogens is 448 g/mol. The van der Waals surface area contributed by atoms with Crippen molar-refractivity contribution >= 4 is 17.5 Å². The zero-order chi connectivity index (χ0) is 25.1. The third-order valence-electron chi connectivity index (χ3n) is 6.48. The lowest BCUT2D eigenvalue weighted by Gasteiger charge is -2.35. The van der Waals surface area contributed by atoms with Gasteiger partial charge in [0.1, 0.15) is 23.1 Å². The number of hydrogen-bond acceptors (Lipinski definition) is 7. The van der Waals surface area contributed by atoms with Crippen LogP contribution in [-0.4, -0.2) is 76.6 Å². The van der Waals surface area contributed by atoms with Crippen LogP contribution in [0.25, 0.3) is 5.65 Å². The standard InChI is InChI=1S/C25H28N6O4/c1-16-20(17(2)31-24(28-16)18(14-26)15-27-31)7-8-23(32)29-9-11-30(12-10-29)25(33)21-6-5-19(34-3)13-22(21)35-4/h5-6,13,15H,7-12H2,1-4H3. The molecule has 1 saturated heterocycles. The fraction of sp³-hybridized carbons (Fsp3) is 0.400. The number of fused-ring (bicyclic) bond motifs is 1. The summed E-state index contributed by atoms with van der Waals surface area (Å²) in [4.78, 5) is 34.0. The number of ether oxygens (including phenoxy) is 2. The summed E-state index contributed by atoms with van der Waals surface area (Å²) in [5.41, 5.74) is 4.07. The lowest BCUT2D eigenvalue weighted by Crippen LogP contribution is -2.50. The summed E-state index contributed by atoms with van der Waals surface area (Å²) in [5.74, 6) is 0.990. The molecule has 1 fully saturated rings. The van der Waals surface area contributed by atoms with Crippen molar-refractivity contribution in [2.45, 2.75) is 26.7 Å². The van der Waals surface area contributed by atoms with Gasteiger partial charge >= 0.3 is 0 Å². The molecule has 2 aromatic heterocycles. The summed E-state index contributed by atoms with van der Waals surface area (Å²) < 4.78 is 12.2. The summed E-state index contributed by atoms with van der Waals surface area (Å²) in [7, 11) is 3.08. The van der Waals surface area contributed by atoms with Crippen LogP contribution < -0.4 is 9.47 Å². The number of nitrogens with zero attached hydrogens (tertiary/aromatic N) is 6. The lowest BCUT2D eigenvalue weighted by atomic mass is 10.1. The Morgan fingerprint density at radius 3 is 2.46 bits per heavy atom. The summed E-state index contributed by atoms with van der Waals surface area (Å²) in [6.45, 7) is 5.67. The van der Waals surface area contributed by atoms with Gasteiger partial charge in [0, 0.05) is 50.1 Å². The molecule has 182 valence electrons. The monoisotopic (exact) mass is 476 g/mol. The molecule has 2 amide bonds. The van der Waals surface area contributed by atoms with Gasteiger partial charge in [-0.05, 0) is 38.0 Å². The van der Waals surface area contributed by atoms with Gasteiger partial charge in [0.2, 0.25) is 5.91 Å². The van der Waals surface area contributed by atoms with E-state index < -0.39 is 0 Å². The van der Waals surface area contributed by atoms with Gasteiger partial charge in [-0.3, -0.25) is 9.59 Å². The number of amides is 2. The van der Waals surface area contributed by atoms with Crippen molar-refractivity contribution in [2.75, 3.05) is 40.4 Å². The van der Waals surface area contributed by atoms with Crippen LogP contribution in [0.3, 0.4) is 0 Å². The summed E-state index contributed by atoms with van der Waals surface area (Å²) in [5, 5.41) is 13.5. The van der Waals surface area contributed by atoms with E-state index in [0.717, 1.165) is 17.0 Å². The number of nitriles is 1. The van der Waals surface area contributed by atoms with Crippen LogP contribution in [0.2, 0.25) is 0 Å².